The molecule has 1 fully saturated rings. The maximum absolute atomic E-state index is 13.7. The predicted octanol–water partition coefficient (Wildman–Crippen LogP) is 3.15. The van der Waals surface area contributed by atoms with Crippen LogP contribution in [-0.4, -0.2) is 66.0 Å². The Hall–Kier alpha value is -3.51. The number of aromatic amines is 1. The first-order valence-corrected chi connectivity index (χ1v) is 13.3. The Labute approximate surface area is 218 Å². The van der Waals surface area contributed by atoms with Gasteiger partial charge in [-0.3, -0.25) is 4.79 Å². The first kappa shape index (κ1) is 25.2. The van der Waals surface area contributed by atoms with Crippen molar-refractivity contribution in [2.75, 3.05) is 26.3 Å². The highest BCUT2D eigenvalue weighted by Crippen LogP contribution is 2.32. The lowest BCUT2D eigenvalue weighted by Gasteiger charge is -2.32. The van der Waals surface area contributed by atoms with Gasteiger partial charge in [0.2, 0.25) is 10.0 Å². The van der Waals surface area contributed by atoms with Crippen molar-refractivity contribution >= 4 is 38.4 Å². The molecule has 5 rings (SSSR count). The van der Waals surface area contributed by atoms with Gasteiger partial charge in [0.15, 0.2) is 0 Å². The molecule has 0 bridgehead atoms. The second kappa shape index (κ2) is 10.1. The number of primary amides is 1. The van der Waals surface area contributed by atoms with Crippen LogP contribution in [0, 0.1) is 6.92 Å². The van der Waals surface area contributed by atoms with Gasteiger partial charge in [-0.05, 0) is 42.8 Å². The van der Waals surface area contributed by atoms with Gasteiger partial charge < -0.3 is 20.2 Å². The quantitative estimate of drug-likeness (QED) is 0.366. The van der Waals surface area contributed by atoms with Crippen molar-refractivity contribution in [3.8, 4) is 16.9 Å². The number of aryl methyl sites for hydroxylation is 1. The van der Waals surface area contributed by atoms with Crippen LogP contribution in [0.1, 0.15) is 16.3 Å². The zero-order chi connectivity index (χ0) is 26.2. The first-order valence-electron chi connectivity index (χ1n) is 11.5. The third-order valence-electron chi connectivity index (χ3n) is 6.04. The van der Waals surface area contributed by atoms with Crippen molar-refractivity contribution in [2.45, 2.75) is 17.9 Å². The molecule has 1 aliphatic heterocycles. The van der Waals surface area contributed by atoms with Gasteiger partial charge in [-0.25, -0.2) is 18.4 Å². The Morgan fingerprint density at radius 1 is 1.22 bits per heavy atom. The summed E-state index contributed by atoms with van der Waals surface area (Å²) < 4.78 is 40.4. The molecule has 37 heavy (non-hydrogen) atoms. The van der Waals surface area contributed by atoms with E-state index in [0.717, 1.165) is 11.1 Å². The van der Waals surface area contributed by atoms with Gasteiger partial charge in [-0.2, -0.15) is 4.31 Å². The highest BCUT2D eigenvalue weighted by atomic mass is 35.5. The number of ether oxygens (including phenoxy) is 2. The number of H-pyrrole nitrogens is 1. The zero-order valence-corrected chi connectivity index (χ0v) is 21.4. The molecule has 4 aromatic rings. The summed E-state index contributed by atoms with van der Waals surface area (Å²) in [5, 5.41) is 0.643. The number of morpholine rings is 1. The largest absolute Gasteiger partial charge is 0.491 e. The van der Waals surface area contributed by atoms with Gasteiger partial charge in [-0.15, -0.1) is 0 Å². The third kappa shape index (κ3) is 5.16. The maximum atomic E-state index is 13.7. The average Bonchev–Trinajstić information content (AvgIpc) is 3.28. The van der Waals surface area contributed by atoms with E-state index in [1.165, 1.54) is 10.4 Å². The monoisotopic (exact) mass is 541 g/mol. The van der Waals surface area contributed by atoms with Gasteiger partial charge in [-0.1, -0.05) is 23.7 Å². The number of hydrogen-bond acceptors (Lipinski definition) is 7. The second-order valence-corrected chi connectivity index (χ2v) is 10.9. The maximum Gasteiger partial charge on any atom is 0.266 e. The molecule has 0 aliphatic carbocycles. The number of rotatable bonds is 7. The van der Waals surface area contributed by atoms with E-state index in [9.17, 15) is 13.2 Å². The number of nitrogens with zero attached hydrogens (tertiary/aromatic N) is 3. The smallest absolute Gasteiger partial charge is 0.266 e. The predicted molar refractivity (Wildman–Crippen MR) is 138 cm³/mol. The van der Waals surface area contributed by atoms with E-state index >= 15 is 0 Å². The molecule has 12 heteroatoms. The lowest BCUT2D eigenvalue weighted by Crippen LogP contribution is -2.47. The van der Waals surface area contributed by atoms with Crippen molar-refractivity contribution in [3.63, 3.8) is 0 Å². The molecule has 2 aromatic heterocycles. The van der Waals surface area contributed by atoms with Gasteiger partial charge in [0, 0.05) is 47.0 Å². The Morgan fingerprint density at radius 3 is 2.76 bits per heavy atom. The normalized spacial score (nSPS) is 16.6. The summed E-state index contributed by atoms with van der Waals surface area (Å²) in [4.78, 5) is 23.2. The number of carbonyl (C=O) groups excluding carboxylic acids is 1. The number of amides is 1. The van der Waals surface area contributed by atoms with Crippen LogP contribution in [0.5, 0.6) is 5.75 Å². The van der Waals surface area contributed by atoms with Gasteiger partial charge in [0.05, 0.1) is 6.61 Å². The summed E-state index contributed by atoms with van der Waals surface area (Å²) in [6.07, 6.45) is 2.96. The van der Waals surface area contributed by atoms with Crippen molar-refractivity contribution in [1.82, 2.24) is 19.3 Å². The Bertz CT molecular complexity index is 1570. The number of nitrogens with two attached hydrogens (primary N) is 1. The number of hydrogen-bond donors (Lipinski definition) is 2. The highest BCUT2D eigenvalue weighted by molar-refractivity contribution is 7.89. The molecule has 1 saturated heterocycles. The molecule has 0 saturated carbocycles. The number of halogens is 1. The summed E-state index contributed by atoms with van der Waals surface area (Å²) >= 11 is 6.11. The number of fused-ring (bicyclic) bond motifs is 1. The minimum absolute atomic E-state index is 0.0409. The molecule has 2 aromatic carbocycles. The molecule has 0 unspecified atom stereocenters. The summed E-state index contributed by atoms with van der Waals surface area (Å²) in [7, 11) is -4.11. The zero-order valence-electron chi connectivity index (χ0n) is 19.8. The standard InChI is InChI=1S/C25H24ClN5O5S/c1-15-28-11-17(12-29-15)16-3-2-4-19(9-16)36-14-20-13-31(7-8-35-20)37(33,34)24-21-10-18(26)5-6-22(21)30-23(24)25(27)32/h2-6,9-12,20,30H,7-8,13-14H2,1H3,(H2,27,32)/t20-/m0/s1. The summed E-state index contributed by atoms with van der Waals surface area (Å²) in [5.41, 5.74) is 7.51. The van der Waals surface area contributed by atoms with E-state index in [2.05, 4.69) is 15.0 Å². The number of sulfonamides is 1. The second-order valence-electron chi connectivity index (χ2n) is 8.60. The SMILES string of the molecule is Cc1ncc(-c2cccc(OC[C@@H]3CN(S(=O)(=O)c4c(C(N)=O)[nH]c5ccc(Cl)cc45)CCO3)c2)cn1. The fraction of sp³-hybridized carbons (Fsp3) is 0.240. The summed E-state index contributed by atoms with van der Waals surface area (Å²) in [5.74, 6) is 0.408. The van der Waals surface area contributed by atoms with Gasteiger partial charge >= 0.3 is 0 Å². The average molecular weight is 542 g/mol. The van der Waals surface area contributed by atoms with Crippen LogP contribution in [0.3, 0.4) is 0 Å². The van der Waals surface area contributed by atoms with Crippen molar-refractivity contribution in [2.24, 2.45) is 5.73 Å². The molecule has 192 valence electrons. The Kier molecular flexibility index (Phi) is 6.86. The number of benzene rings is 2. The first-order chi connectivity index (χ1) is 17.7. The van der Waals surface area contributed by atoms with E-state index < -0.39 is 22.0 Å². The van der Waals surface area contributed by atoms with Crippen molar-refractivity contribution in [1.29, 1.82) is 0 Å². The van der Waals surface area contributed by atoms with Crippen LogP contribution in [-0.2, 0) is 14.8 Å². The summed E-state index contributed by atoms with van der Waals surface area (Å²) in [6.45, 7) is 2.27. The minimum atomic E-state index is -4.11. The fourth-order valence-electron chi connectivity index (χ4n) is 4.22. The van der Waals surface area contributed by atoms with Crippen LogP contribution in [0.25, 0.3) is 22.0 Å². The Balaban J connectivity index is 1.34. The van der Waals surface area contributed by atoms with E-state index in [4.69, 9.17) is 26.8 Å². The lowest BCUT2D eigenvalue weighted by atomic mass is 10.1. The van der Waals surface area contributed by atoms with Crippen LogP contribution in [0.4, 0.5) is 0 Å². The molecule has 0 spiro atoms. The molecule has 1 atom stereocenters. The van der Waals surface area contributed by atoms with E-state index in [0.29, 0.717) is 27.5 Å². The van der Waals surface area contributed by atoms with E-state index in [-0.39, 0.29) is 36.9 Å². The highest BCUT2D eigenvalue weighted by Gasteiger charge is 2.36. The summed E-state index contributed by atoms with van der Waals surface area (Å²) in [6, 6.07) is 12.2. The van der Waals surface area contributed by atoms with E-state index in [1.807, 2.05) is 31.2 Å². The Morgan fingerprint density at radius 2 is 2.00 bits per heavy atom. The van der Waals surface area contributed by atoms with Crippen molar-refractivity contribution < 1.29 is 22.7 Å². The van der Waals surface area contributed by atoms with Gasteiger partial charge in [0.25, 0.3) is 5.91 Å². The number of nitrogens with one attached hydrogen (secondary N) is 1. The van der Waals surface area contributed by atoms with Crippen molar-refractivity contribution in [3.05, 3.63) is 71.4 Å². The van der Waals surface area contributed by atoms with Crippen LogP contribution >= 0.6 is 11.6 Å². The number of carbonyl (C=O) groups is 1. The molecule has 3 N–H and O–H groups in total. The topological polar surface area (TPSA) is 140 Å². The third-order valence-corrected chi connectivity index (χ3v) is 8.23. The van der Waals surface area contributed by atoms with Gasteiger partial charge in [0.1, 0.15) is 34.9 Å². The van der Waals surface area contributed by atoms with Crippen LogP contribution < -0.4 is 10.5 Å². The minimum Gasteiger partial charge on any atom is -0.491 e. The molecular weight excluding hydrogens is 518 g/mol. The molecule has 0 radical (unpaired) electrons. The molecule has 10 nitrogen and oxygen atoms in total. The number of aromatic nitrogens is 3. The molecular formula is C25H24ClN5O5S. The fourth-order valence-corrected chi connectivity index (χ4v) is 6.18. The molecule has 1 aliphatic rings. The lowest BCUT2D eigenvalue weighted by molar-refractivity contribution is -0.0249. The molecule has 1 amide bonds. The molecule has 3 heterocycles. The van der Waals surface area contributed by atoms with Crippen LogP contribution in [0.15, 0.2) is 59.8 Å². The van der Waals surface area contributed by atoms with E-state index in [1.54, 1.807) is 24.5 Å². The van der Waals surface area contributed by atoms with Crippen LogP contribution in [0.2, 0.25) is 5.02 Å².